The number of fused-ring (bicyclic) bond motifs is 1. The lowest BCUT2D eigenvalue weighted by molar-refractivity contribution is 0.0698. The van der Waals surface area contributed by atoms with Crippen LogP contribution in [0, 0.1) is 0 Å². The molecule has 1 saturated heterocycles. The van der Waals surface area contributed by atoms with Gasteiger partial charge in [0, 0.05) is 37.9 Å². The molecule has 0 atom stereocenters. The Kier molecular flexibility index (Phi) is 4.49. The predicted octanol–water partition coefficient (Wildman–Crippen LogP) is 1.94. The van der Waals surface area contributed by atoms with Crippen molar-refractivity contribution < 1.29 is 9.59 Å². The molecule has 6 nitrogen and oxygen atoms in total. The van der Waals surface area contributed by atoms with Gasteiger partial charge in [-0.05, 0) is 55.4 Å². The Balaban J connectivity index is 1.33. The first kappa shape index (κ1) is 16.8. The molecule has 136 valence electrons. The highest BCUT2D eigenvalue weighted by Crippen LogP contribution is 2.24. The topological polar surface area (TPSA) is 67.2 Å². The minimum absolute atomic E-state index is 0.0958. The van der Waals surface area contributed by atoms with Gasteiger partial charge in [0.15, 0.2) is 0 Å². The number of piperidine rings is 1. The standard InChI is InChI=1S/C20H24N4O2/c1-23-13-17(12-21-23)19(25)22-18-7-9-24(10-8-18)20(26)16-6-5-14-3-2-4-15(14)11-16/h5-6,11-13,18H,2-4,7-10H2,1H3,(H,22,25). The summed E-state index contributed by atoms with van der Waals surface area (Å²) in [6.07, 6.45) is 8.24. The van der Waals surface area contributed by atoms with Crippen molar-refractivity contribution in [3.05, 3.63) is 52.8 Å². The quantitative estimate of drug-likeness (QED) is 0.918. The number of rotatable bonds is 3. The highest BCUT2D eigenvalue weighted by atomic mass is 16.2. The lowest BCUT2D eigenvalue weighted by Gasteiger charge is -2.32. The Labute approximate surface area is 153 Å². The van der Waals surface area contributed by atoms with Gasteiger partial charge in [0.2, 0.25) is 0 Å². The minimum Gasteiger partial charge on any atom is -0.349 e. The molecule has 2 heterocycles. The summed E-state index contributed by atoms with van der Waals surface area (Å²) in [4.78, 5) is 26.9. The number of hydrogen-bond donors (Lipinski definition) is 1. The van der Waals surface area contributed by atoms with Crippen LogP contribution in [0.5, 0.6) is 0 Å². The number of likely N-dealkylation sites (tertiary alicyclic amines) is 1. The number of benzene rings is 1. The summed E-state index contributed by atoms with van der Waals surface area (Å²) in [5.41, 5.74) is 4.08. The second kappa shape index (κ2) is 6.94. The molecule has 1 aliphatic heterocycles. The molecule has 2 aliphatic rings. The average molecular weight is 352 g/mol. The minimum atomic E-state index is -0.0958. The van der Waals surface area contributed by atoms with Gasteiger partial charge in [-0.1, -0.05) is 6.07 Å². The maximum Gasteiger partial charge on any atom is 0.254 e. The van der Waals surface area contributed by atoms with Crippen LogP contribution in [0.25, 0.3) is 0 Å². The normalized spacial score (nSPS) is 17.2. The van der Waals surface area contributed by atoms with Crippen molar-refractivity contribution in [3.63, 3.8) is 0 Å². The average Bonchev–Trinajstić information content (AvgIpc) is 3.29. The van der Waals surface area contributed by atoms with Crippen LogP contribution in [0.4, 0.5) is 0 Å². The molecular weight excluding hydrogens is 328 g/mol. The number of carbonyl (C=O) groups is 2. The molecule has 0 saturated carbocycles. The highest BCUT2D eigenvalue weighted by Gasteiger charge is 2.25. The fraction of sp³-hybridized carbons (Fsp3) is 0.450. The Morgan fingerprint density at radius 1 is 1.12 bits per heavy atom. The molecule has 2 aromatic rings. The molecule has 1 aliphatic carbocycles. The molecule has 1 aromatic heterocycles. The third kappa shape index (κ3) is 3.36. The van der Waals surface area contributed by atoms with Crippen LogP contribution in [0.15, 0.2) is 30.6 Å². The van der Waals surface area contributed by atoms with E-state index in [0.717, 1.165) is 31.2 Å². The van der Waals surface area contributed by atoms with Gasteiger partial charge in [-0.15, -0.1) is 0 Å². The molecule has 26 heavy (non-hydrogen) atoms. The SMILES string of the molecule is Cn1cc(C(=O)NC2CCN(C(=O)c3ccc4c(c3)CCC4)CC2)cn1. The van der Waals surface area contributed by atoms with Gasteiger partial charge in [-0.25, -0.2) is 0 Å². The summed E-state index contributed by atoms with van der Waals surface area (Å²) in [6, 6.07) is 6.24. The number of carbonyl (C=O) groups excluding carboxylic acids is 2. The van der Waals surface area contributed by atoms with Gasteiger partial charge >= 0.3 is 0 Å². The number of amides is 2. The lowest BCUT2D eigenvalue weighted by Crippen LogP contribution is -2.46. The zero-order chi connectivity index (χ0) is 18.1. The molecule has 0 unspecified atom stereocenters. The molecule has 1 aromatic carbocycles. The first-order valence-electron chi connectivity index (χ1n) is 9.31. The van der Waals surface area contributed by atoms with E-state index in [1.807, 2.05) is 11.0 Å². The van der Waals surface area contributed by atoms with Crippen LogP contribution < -0.4 is 5.32 Å². The van der Waals surface area contributed by atoms with Gasteiger partial charge in [-0.3, -0.25) is 14.3 Å². The Bertz CT molecular complexity index is 834. The zero-order valence-electron chi connectivity index (χ0n) is 15.1. The van der Waals surface area contributed by atoms with Crippen molar-refractivity contribution in [2.75, 3.05) is 13.1 Å². The molecule has 0 spiro atoms. The molecule has 1 fully saturated rings. The van der Waals surface area contributed by atoms with Crippen molar-refractivity contribution in [3.8, 4) is 0 Å². The van der Waals surface area contributed by atoms with Gasteiger partial charge < -0.3 is 10.2 Å². The summed E-state index contributed by atoms with van der Waals surface area (Å²) in [6.45, 7) is 1.35. The molecule has 0 bridgehead atoms. The van der Waals surface area contributed by atoms with Crippen LogP contribution in [-0.2, 0) is 19.9 Å². The maximum atomic E-state index is 12.8. The molecule has 1 N–H and O–H groups in total. The van der Waals surface area contributed by atoms with E-state index < -0.39 is 0 Å². The van der Waals surface area contributed by atoms with Crippen molar-refractivity contribution in [2.45, 2.75) is 38.1 Å². The molecule has 4 rings (SSSR count). The van der Waals surface area contributed by atoms with E-state index >= 15 is 0 Å². The number of aryl methyl sites for hydroxylation is 3. The number of nitrogens with one attached hydrogen (secondary N) is 1. The van der Waals surface area contributed by atoms with Gasteiger partial charge in [0.1, 0.15) is 0 Å². The maximum absolute atomic E-state index is 12.8. The van der Waals surface area contributed by atoms with Crippen molar-refractivity contribution in [1.82, 2.24) is 20.0 Å². The first-order chi connectivity index (χ1) is 12.6. The molecule has 2 amide bonds. The van der Waals surface area contributed by atoms with E-state index in [0.29, 0.717) is 18.7 Å². The van der Waals surface area contributed by atoms with Crippen molar-refractivity contribution >= 4 is 11.8 Å². The monoisotopic (exact) mass is 352 g/mol. The third-order valence-corrected chi connectivity index (χ3v) is 5.43. The van der Waals surface area contributed by atoms with Crippen LogP contribution >= 0.6 is 0 Å². The molecular formula is C20H24N4O2. The molecule has 6 heteroatoms. The van der Waals surface area contributed by atoms with Crippen LogP contribution in [0.1, 0.15) is 51.1 Å². The Morgan fingerprint density at radius 2 is 1.88 bits per heavy atom. The summed E-state index contributed by atoms with van der Waals surface area (Å²) >= 11 is 0. The lowest BCUT2D eigenvalue weighted by atomic mass is 10.0. The van der Waals surface area contributed by atoms with E-state index in [9.17, 15) is 9.59 Å². The fourth-order valence-corrected chi connectivity index (χ4v) is 3.92. The summed E-state index contributed by atoms with van der Waals surface area (Å²) < 4.78 is 1.62. The smallest absolute Gasteiger partial charge is 0.254 e. The van der Waals surface area contributed by atoms with E-state index in [1.54, 1.807) is 24.1 Å². The van der Waals surface area contributed by atoms with Crippen LogP contribution in [0.2, 0.25) is 0 Å². The Hall–Kier alpha value is -2.63. The molecule has 0 radical (unpaired) electrons. The van der Waals surface area contributed by atoms with Crippen LogP contribution in [-0.4, -0.2) is 45.6 Å². The second-order valence-electron chi connectivity index (χ2n) is 7.28. The Morgan fingerprint density at radius 3 is 2.62 bits per heavy atom. The zero-order valence-corrected chi connectivity index (χ0v) is 15.1. The highest BCUT2D eigenvalue weighted by molar-refractivity contribution is 5.95. The number of aromatic nitrogens is 2. The van der Waals surface area contributed by atoms with Crippen LogP contribution in [0.3, 0.4) is 0 Å². The van der Waals surface area contributed by atoms with Crippen molar-refractivity contribution in [2.24, 2.45) is 7.05 Å². The van der Waals surface area contributed by atoms with Gasteiger partial charge in [-0.2, -0.15) is 5.10 Å². The number of hydrogen-bond acceptors (Lipinski definition) is 3. The van der Waals surface area contributed by atoms with E-state index in [2.05, 4.69) is 22.5 Å². The van der Waals surface area contributed by atoms with Gasteiger partial charge in [0.25, 0.3) is 11.8 Å². The summed E-state index contributed by atoms with van der Waals surface area (Å²) in [5, 5.41) is 7.08. The van der Waals surface area contributed by atoms with E-state index in [-0.39, 0.29) is 17.9 Å². The third-order valence-electron chi connectivity index (χ3n) is 5.43. The van der Waals surface area contributed by atoms with Gasteiger partial charge in [0.05, 0.1) is 11.8 Å². The fourth-order valence-electron chi connectivity index (χ4n) is 3.92. The summed E-state index contributed by atoms with van der Waals surface area (Å²) in [7, 11) is 1.79. The summed E-state index contributed by atoms with van der Waals surface area (Å²) in [5.74, 6) is 0.0123. The van der Waals surface area contributed by atoms with E-state index in [1.165, 1.54) is 17.5 Å². The number of nitrogens with zero attached hydrogens (tertiary/aromatic N) is 3. The first-order valence-corrected chi connectivity index (χ1v) is 9.31. The largest absolute Gasteiger partial charge is 0.349 e. The van der Waals surface area contributed by atoms with E-state index in [4.69, 9.17) is 0 Å². The predicted molar refractivity (Wildman–Crippen MR) is 98.1 cm³/mol. The van der Waals surface area contributed by atoms with Crippen molar-refractivity contribution in [1.29, 1.82) is 0 Å². The second-order valence-corrected chi connectivity index (χ2v) is 7.28.